The van der Waals surface area contributed by atoms with Crippen molar-refractivity contribution in [1.82, 2.24) is 4.72 Å². The highest BCUT2D eigenvalue weighted by Crippen LogP contribution is 2.26. The molecule has 5 nitrogen and oxygen atoms in total. The quantitative estimate of drug-likeness (QED) is 0.668. The molecule has 0 fully saturated rings. The van der Waals surface area contributed by atoms with Crippen LogP contribution < -0.4 is 10.5 Å². The summed E-state index contributed by atoms with van der Waals surface area (Å²) in [7, 11) is -4.06. The Bertz CT molecular complexity index is 578. The third kappa shape index (κ3) is 4.69. The minimum atomic E-state index is -4.06. The molecule has 20 heavy (non-hydrogen) atoms. The van der Waals surface area contributed by atoms with Crippen LogP contribution in [0.25, 0.3) is 0 Å². The standard InChI is InChI=1S/C12H18BrFN2O3S/c1-7(2)3-9(17)6-16-20(18,19)11-5-8(15)4-10(13)12(11)14/h4-5,7,9,16-17H,3,6,15H2,1-2H3. The molecule has 4 N–H and O–H groups in total. The first-order chi connectivity index (χ1) is 9.13. The fourth-order valence-electron chi connectivity index (χ4n) is 1.69. The molecule has 0 aliphatic carbocycles. The Hall–Kier alpha value is -0.700. The first-order valence-electron chi connectivity index (χ1n) is 6.05. The molecule has 0 radical (unpaired) electrons. The van der Waals surface area contributed by atoms with Crippen molar-refractivity contribution in [3.8, 4) is 0 Å². The van der Waals surface area contributed by atoms with Gasteiger partial charge in [-0.3, -0.25) is 0 Å². The summed E-state index contributed by atoms with van der Waals surface area (Å²) < 4.78 is 40.0. The molecule has 114 valence electrons. The smallest absolute Gasteiger partial charge is 0.243 e. The minimum Gasteiger partial charge on any atom is -0.399 e. The molecule has 0 aromatic heterocycles. The molecule has 1 atom stereocenters. The fourth-order valence-corrected chi connectivity index (χ4v) is 3.50. The number of hydrogen-bond donors (Lipinski definition) is 3. The second kappa shape index (κ2) is 6.84. The van der Waals surface area contributed by atoms with Gasteiger partial charge >= 0.3 is 0 Å². The zero-order valence-electron chi connectivity index (χ0n) is 11.2. The highest BCUT2D eigenvalue weighted by molar-refractivity contribution is 9.10. The van der Waals surface area contributed by atoms with E-state index in [0.717, 1.165) is 6.07 Å². The van der Waals surface area contributed by atoms with Crippen LogP contribution in [0.4, 0.5) is 10.1 Å². The van der Waals surface area contributed by atoms with Crippen LogP contribution in [0.5, 0.6) is 0 Å². The molecule has 0 aliphatic heterocycles. The molecule has 8 heteroatoms. The van der Waals surface area contributed by atoms with Gasteiger partial charge in [0, 0.05) is 12.2 Å². The van der Waals surface area contributed by atoms with Gasteiger partial charge in [0.15, 0.2) is 5.82 Å². The summed E-state index contributed by atoms with van der Waals surface area (Å²) in [5.41, 5.74) is 5.63. The third-order valence-corrected chi connectivity index (χ3v) is 4.56. The number of nitrogens with one attached hydrogen (secondary N) is 1. The van der Waals surface area contributed by atoms with E-state index in [4.69, 9.17) is 5.73 Å². The van der Waals surface area contributed by atoms with Crippen molar-refractivity contribution in [2.45, 2.75) is 31.3 Å². The van der Waals surface area contributed by atoms with Gasteiger partial charge in [0.25, 0.3) is 0 Å². The number of rotatable bonds is 6. The number of hydrogen-bond acceptors (Lipinski definition) is 4. The van der Waals surface area contributed by atoms with Gasteiger partial charge in [-0.15, -0.1) is 0 Å². The van der Waals surface area contributed by atoms with Crippen molar-refractivity contribution < 1.29 is 17.9 Å². The predicted octanol–water partition coefficient (Wildman–Crippen LogP) is 1.86. The number of anilines is 1. The largest absolute Gasteiger partial charge is 0.399 e. The van der Waals surface area contributed by atoms with E-state index in [2.05, 4.69) is 20.7 Å². The number of aliphatic hydroxyl groups excluding tert-OH is 1. The monoisotopic (exact) mass is 368 g/mol. The topological polar surface area (TPSA) is 92.4 Å². The Kier molecular flexibility index (Phi) is 5.93. The van der Waals surface area contributed by atoms with Gasteiger partial charge in [0.05, 0.1) is 10.6 Å². The maximum atomic E-state index is 13.8. The van der Waals surface area contributed by atoms with Gasteiger partial charge in [-0.2, -0.15) is 0 Å². The van der Waals surface area contributed by atoms with Crippen molar-refractivity contribution in [1.29, 1.82) is 0 Å². The van der Waals surface area contributed by atoms with Crippen molar-refractivity contribution >= 4 is 31.6 Å². The first-order valence-corrected chi connectivity index (χ1v) is 8.33. The number of halogens is 2. The zero-order valence-corrected chi connectivity index (χ0v) is 13.6. The molecular formula is C12H18BrFN2O3S. The van der Waals surface area contributed by atoms with E-state index in [9.17, 15) is 17.9 Å². The Balaban J connectivity index is 2.90. The van der Waals surface area contributed by atoms with Crippen LogP contribution in [-0.4, -0.2) is 26.2 Å². The molecule has 0 saturated carbocycles. The van der Waals surface area contributed by atoms with Crippen molar-refractivity contribution in [3.05, 3.63) is 22.4 Å². The van der Waals surface area contributed by atoms with Crippen molar-refractivity contribution in [2.24, 2.45) is 5.92 Å². The van der Waals surface area contributed by atoms with Gasteiger partial charge in [-0.05, 0) is 40.4 Å². The SMILES string of the molecule is CC(C)CC(O)CNS(=O)(=O)c1cc(N)cc(Br)c1F. The van der Waals surface area contributed by atoms with Gasteiger partial charge in [-0.1, -0.05) is 13.8 Å². The average Bonchev–Trinajstić information content (AvgIpc) is 2.30. The summed E-state index contributed by atoms with van der Waals surface area (Å²) in [5.74, 6) is -0.683. The van der Waals surface area contributed by atoms with E-state index in [0.29, 0.717) is 6.42 Å². The predicted molar refractivity (Wildman–Crippen MR) is 79.2 cm³/mol. The highest BCUT2D eigenvalue weighted by Gasteiger charge is 2.22. The summed E-state index contributed by atoms with van der Waals surface area (Å²) in [5, 5.41) is 9.65. The molecule has 0 aliphatic rings. The second-order valence-electron chi connectivity index (χ2n) is 4.95. The third-order valence-electron chi connectivity index (χ3n) is 2.56. The fraction of sp³-hybridized carbons (Fsp3) is 0.500. The van der Waals surface area contributed by atoms with Crippen LogP contribution in [0.1, 0.15) is 20.3 Å². The Labute approximate surface area is 126 Å². The molecule has 0 amide bonds. The second-order valence-corrected chi connectivity index (χ2v) is 7.54. The Morgan fingerprint density at radius 2 is 2.05 bits per heavy atom. The Morgan fingerprint density at radius 1 is 1.45 bits per heavy atom. The summed E-state index contributed by atoms with van der Waals surface area (Å²) in [6.07, 6.45) is -0.372. The maximum absolute atomic E-state index is 13.8. The highest BCUT2D eigenvalue weighted by atomic mass is 79.9. The van der Waals surface area contributed by atoms with Crippen LogP contribution in [0.2, 0.25) is 0 Å². The van der Waals surface area contributed by atoms with Gasteiger partial charge < -0.3 is 10.8 Å². The van der Waals surface area contributed by atoms with Gasteiger partial charge in [0.2, 0.25) is 10.0 Å². The normalized spacial score (nSPS) is 13.7. The number of nitrogen functional groups attached to an aromatic ring is 1. The zero-order chi connectivity index (χ0) is 15.5. The summed E-state index contributed by atoms with van der Waals surface area (Å²) >= 11 is 2.91. The maximum Gasteiger partial charge on any atom is 0.243 e. The van der Waals surface area contributed by atoms with E-state index < -0.39 is 26.8 Å². The first kappa shape index (κ1) is 17.4. The number of benzene rings is 1. The molecule has 1 unspecified atom stereocenters. The van der Waals surface area contributed by atoms with Crippen LogP contribution in [0, 0.1) is 11.7 Å². The van der Waals surface area contributed by atoms with Gasteiger partial charge in [0.1, 0.15) is 4.90 Å². The van der Waals surface area contributed by atoms with E-state index in [1.165, 1.54) is 6.07 Å². The summed E-state index contributed by atoms with van der Waals surface area (Å²) in [4.78, 5) is -0.541. The number of nitrogens with two attached hydrogens (primary N) is 1. The number of aliphatic hydroxyl groups is 1. The molecule has 1 aromatic carbocycles. The summed E-state index contributed by atoms with van der Waals surface area (Å²) in [6, 6.07) is 2.32. The van der Waals surface area contributed by atoms with Crippen LogP contribution in [-0.2, 0) is 10.0 Å². The lowest BCUT2D eigenvalue weighted by Gasteiger charge is -2.15. The van der Waals surface area contributed by atoms with Crippen LogP contribution in [0.3, 0.4) is 0 Å². The van der Waals surface area contributed by atoms with Crippen molar-refractivity contribution in [2.75, 3.05) is 12.3 Å². The van der Waals surface area contributed by atoms with E-state index in [1.54, 1.807) is 0 Å². The average molecular weight is 369 g/mol. The molecule has 0 heterocycles. The molecule has 0 spiro atoms. The molecule has 0 saturated heterocycles. The molecule has 1 rings (SSSR count). The molecule has 1 aromatic rings. The molecule has 0 bridgehead atoms. The van der Waals surface area contributed by atoms with E-state index >= 15 is 0 Å². The minimum absolute atomic E-state index is 0.0272. The van der Waals surface area contributed by atoms with Gasteiger partial charge in [-0.25, -0.2) is 17.5 Å². The van der Waals surface area contributed by atoms with Crippen molar-refractivity contribution in [3.63, 3.8) is 0 Å². The molecular weight excluding hydrogens is 351 g/mol. The lowest BCUT2D eigenvalue weighted by atomic mass is 10.1. The lowest BCUT2D eigenvalue weighted by Crippen LogP contribution is -2.33. The lowest BCUT2D eigenvalue weighted by molar-refractivity contribution is 0.152. The van der Waals surface area contributed by atoms with E-state index in [1.807, 2.05) is 13.8 Å². The van der Waals surface area contributed by atoms with E-state index in [-0.39, 0.29) is 22.6 Å². The van der Waals surface area contributed by atoms with Crippen LogP contribution in [0.15, 0.2) is 21.5 Å². The van der Waals surface area contributed by atoms with Crippen LogP contribution >= 0.6 is 15.9 Å². The summed E-state index contributed by atoms with van der Waals surface area (Å²) in [6.45, 7) is 3.64. The number of sulfonamides is 1. The Morgan fingerprint density at radius 3 is 2.60 bits per heavy atom.